The lowest BCUT2D eigenvalue weighted by Crippen LogP contribution is -2.34. The van der Waals surface area contributed by atoms with Crippen LogP contribution in [0, 0.1) is 23.1 Å². The Labute approximate surface area is 173 Å². The molecule has 0 fully saturated rings. The number of amidine groups is 1. The van der Waals surface area contributed by atoms with Crippen molar-refractivity contribution in [3.05, 3.63) is 70.7 Å². The van der Waals surface area contributed by atoms with Crippen molar-refractivity contribution in [3.63, 3.8) is 0 Å². The van der Waals surface area contributed by atoms with E-state index in [0.29, 0.717) is 17.9 Å². The van der Waals surface area contributed by atoms with Gasteiger partial charge in [-0.25, -0.2) is 9.38 Å². The maximum absolute atomic E-state index is 13.7. The van der Waals surface area contributed by atoms with Gasteiger partial charge in [0, 0.05) is 6.54 Å². The van der Waals surface area contributed by atoms with E-state index in [4.69, 9.17) is 5.26 Å². The highest BCUT2D eigenvalue weighted by molar-refractivity contribution is 6.18. The third-order valence-corrected chi connectivity index (χ3v) is 4.33. The fraction of sp³-hybridized carbons (Fsp3) is 0.174. The summed E-state index contributed by atoms with van der Waals surface area (Å²) in [5, 5.41) is 28.0. The molecule has 1 aliphatic heterocycles. The third kappa shape index (κ3) is 4.55. The Bertz CT molecular complexity index is 1100. The zero-order chi connectivity index (χ0) is 21.8. The minimum Gasteiger partial charge on any atom is -0.504 e. The molecule has 0 atom stereocenters. The molecule has 2 aromatic carbocycles. The first-order valence-corrected chi connectivity index (χ1v) is 9.30. The zero-order valence-electron chi connectivity index (χ0n) is 16.5. The number of phenolic OH excluding ortho intramolecular Hbond substituents is 2. The van der Waals surface area contributed by atoms with Crippen molar-refractivity contribution in [2.75, 3.05) is 6.54 Å². The van der Waals surface area contributed by atoms with Gasteiger partial charge in [-0.05, 0) is 53.5 Å². The van der Waals surface area contributed by atoms with Crippen molar-refractivity contribution >= 4 is 23.9 Å². The van der Waals surface area contributed by atoms with E-state index in [1.54, 1.807) is 30.4 Å². The molecule has 1 aliphatic rings. The Kier molecular flexibility index (Phi) is 5.98. The number of phenols is 2. The molecular weight excluding hydrogens is 385 g/mol. The van der Waals surface area contributed by atoms with E-state index in [0.717, 1.165) is 17.7 Å². The summed E-state index contributed by atoms with van der Waals surface area (Å²) in [6, 6.07) is 11.3. The average Bonchev–Trinajstić information content (AvgIpc) is 2.99. The molecule has 2 N–H and O–H groups in total. The van der Waals surface area contributed by atoms with E-state index in [1.165, 1.54) is 11.0 Å². The van der Waals surface area contributed by atoms with E-state index < -0.39 is 17.3 Å². The number of hydrogen-bond donors (Lipinski definition) is 2. The van der Waals surface area contributed by atoms with Gasteiger partial charge in [0.05, 0.1) is 11.6 Å². The Morgan fingerprint density at radius 2 is 1.97 bits per heavy atom. The number of nitrogens with zero attached hydrogens (tertiary/aromatic N) is 3. The number of aromatic hydroxyl groups is 2. The van der Waals surface area contributed by atoms with Crippen molar-refractivity contribution in [1.29, 1.82) is 5.26 Å². The van der Waals surface area contributed by atoms with Crippen molar-refractivity contribution < 1.29 is 19.4 Å². The van der Waals surface area contributed by atoms with Crippen LogP contribution in [0.25, 0.3) is 12.2 Å². The maximum atomic E-state index is 13.7. The van der Waals surface area contributed by atoms with E-state index in [2.05, 4.69) is 11.1 Å². The summed E-state index contributed by atoms with van der Waals surface area (Å²) in [6.07, 6.45) is 4.80. The molecule has 0 unspecified atom stereocenters. The van der Waals surface area contributed by atoms with Crippen molar-refractivity contribution in [1.82, 2.24) is 4.90 Å². The van der Waals surface area contributed by atoms with Gasteiger partial charge in [0.2, 0.25) is 0 Å². The lowest BCUT2D eigenvalue weighted by Gasteiger charge is -2.18. The predicted octanol–water partition coefficient (Wildman–Crippen LogP) is 4.06. The van der Waals surface area contributed by atoms with Crippen LogP contribution < -0.4 is 0 Å². The summed E-state index contributed by atoms with van der Waals surface area (Å²) in [5.41, 5.74) is 1.60. The topological polar surface area (TPSA) is 96.9 Å². The average molecular weight is 405 g/mol. The van der Waals surface area contributed by atoms with Gasteiger partial charge < -0.3 is 10.2 Å². The third-order valence-electron chi connectivity index (χ3n) is 4.33. The first-order chi connectivity index (χ1) is 14.3. The van der Waals surface area contributed by atoms with E-state index in [1.807, 2.05) is 19.9 Å². The molecular formula is C23H20FN3O3. The molecule has 6 nitrogen and oxygen atoms in total. The summed E-state index contributed by atoms with van der Waals surface area (Å²) >= 11 is 0. The van der Waals surface area contributed by atoms with Crippen LogP contribution in [-0.4, -0.2) is 33.4 Å². The van der Waals surface area contributed by atoms with Gasteiger partial charge in [0.15, 0.2) is 17.3 Å². The largest absolute Gasteiger partial charge is 0.504 e. The van der Waals surface area contributed by atoms with Gasteiger partial charge in [-0.15, -0.1) is 0 Å². The first kappa shape index (κ1) is 20.8. The second-order valence-electron chi connectivity index (χ2n) is 7.25. The number of halogens is 1. The van der Waals surface area contributed by atoms with Crippen molar-refractivity contribution in [2.45, 2.75) is 13.8 Å². The summed E-state index contributed by atoms with van der Waals surface area (Å²) < 4.78 is 13.7. The summed E-state index contributed by atoms with van der Waals surface area (Å²) in [7, 11) is 0. The van der Waals surface area contributed by atoms with Crippen LogP contribution in [0.4, 0.5) is 4.39 Å². The zero-order valence-corrected chi connectivity index (χ0v) is 16.5. The quantitative estimate of drug-likeness (QED) is 0.579. The Hall–Kier alpha value is -3.92. The molecule has 0 spiro atoms. The summed E-state index contributed by atoms with van der Waals surface area (Å²) in [6.45, 7) is 4.38. The van der Waals surface area contributed by atoms with Crippen LogP contribution in [0.2, 0.25) is 0 Å². The highest BCUT2D eigenvalue weighted by Crippen LogP contribution is 2.30. The molecule has 0 saturated heterocycles. The molecule has 0 saturated carbocycles. The number of nitriles is 1. The molecule has 1 amide bonds. The van der Waals surface area contributed by atoms with Gasteiger partial charge in [0.1, 0.15) is 11.5 Å². The minimum atomic E-state index is -0.993. The van der Waals surface area contributed by atoms with Gasteiger partial charge >= 0.3 is 0 Å². The monoisotopic (exact) mass is 405 g/mol. The molecule has 2 aromatic rings. The number of aliphatic imine (C=N–C) groups is 1. The normalized spacial score (nSPS) is 15.3. The fourth-order valence-electron chi connectivity index (χ4n) is 2.97. The van der Waals surface area contributed by atoms with Gasteiger partial charge in [0.25, 0.3) is 5.91 Å². The molecule has 7 heteroatoms. The standard InChI is InChI=1S/C23H20FN3O3/c1-14(2)13-27-21(7-6-15-4-3-5-16(8-15)12-25)26-19(23(27)30)10-17-9-18(24)22(29)20(28)11-17/h3-11,14,28-29H,13H2,1-2H3/b7-6+,19-10-. The highest BCUT2D eigenvalue weighted by atomic mass is 19.1. The number of hydrogen-bond acceptors (Lipinski definition) is 5. The second-order valence-corrected chi connectivity index (χ2v) is 7.25. The molecule has 30 heavy (non-hydrogen) atoms. The number of carbonyl (C=O) groups is 1. The number of amides is 1. The van der Waals surface area contributed by atoms with Gasteiger partial charge in [-0.3, -0.25) is 9.69 Å². The lowest BCUT2D eigenvalue weighted by molar-refractivity contribution is -0.122. The van der Waals surface area contributed by atoms with Crippen LogP contribution in [0.3, 0.4) is 0 Å². The SMILES string of the molecule is CC(C)CN1C(=O)/C(=C/c2cc(O)c(O)c(F)c2)N=C1/C=C/c1cccc(C#N)c1. The molecule has 3 rings (SSSR count). The Morgan fingerprint density at radius 3 is 2.63 bits per heavy atom. The van der Waals surface area contributed by atoms with E-state index >= 15 is 0 Å². The van der Waals surface area contributed by atoms with Gasteiger partial charge in [-0.2, -0.15) is 5.26 Å². The van der Waals surface area contributed by atoms with Crippen LogP contribution in [0.1, 0.15) is 30.5 Å². The Balaban J connectivity index is 1.97. The summed E-state index contributed by atoms with van der Waals surface area (Å²) in [4.78, 5) is 18.8. The second kappa shape index (κ2) is 8.62. The summed E-state index contributed by atoms with van der Waals surface area (Å²) in [5.74, 6) is -2.19. The molecule has 0 radical (unpaired) electrons. The highest BCUT2D eigenvalue weighted by Gasteiger charge is 2.29. The minimum absolute atomic E-state index is 0.0885. The first-order valence-electron chi connectivity index (χ1n) is 9.30. The van der Waals surface area contributed by atoms with Crippen LogP contribution in [0.15, 0.2) is 53.2 Å². The molecule has 0 bridgehead atoms. The van der Waals surface area contributed by atoms with Gasteiger partial charge in [-0.1, -0.05) is 32.1 Å². The van der Waals surface area contributed by atoms with Crippen LogP contribution in [0.5, 0.6) is 11.5 Å². The van der Waals surface area contributed by atoms with Crippen LogP contribution in [-0.2, 0) is 4.79 Å². The fourth-order valence-corrected chi connectivity index (χ4v) is 2.97. The lowest BCUT2D eigenvalue weighted by atomic mass is 10.1. The van der Waals surface area contributed by atoms with E-state index in [-0.39, 0.29) is 23.1 Å². The molecule has 1 heterocycles. The number of benzene rings is 2. The molecule has 0 aliphatic carbocycles. The smallest absolute Gasteiger partial charge is 0.278 e. The van der Waals surface area contributed by atoms with Crippen molar-refractivity contribution in [2.24, 2.45) is 10.9 Å². The van der Waals surface area contributed by atoms with Crippen LogP contribution >= 0.6 is 0 Å². The molecule has 152 valence electrons. The van der Waals surface area contributed by atoms with E-state index in [9.17, 15) is 19.4 Å². The van der Waals surface area contributed by atoms with Crippen molar-refractivity contribution in [3.8, 4) is 17.6 Å². The number of rotatable bonds is 5. The molecule has 0 aromatic heterocycles. The maximum Gasteiger partial charge on any atom is 0.278 e. The number of carbonyl (C=O) groups excluding carboxylic acids is 1. The predicted molar refractivity (Wildman–Crippen MR) is 112 cm³/mol. The Morgan fingerprint density at radius 1 is 1.20 bits per heavy atom.